The minimum atomic E-state index is -0.787. The highest BCUT2D eigenvalue weighted by Crippen LogP contribution is 2.04. The van der Waals surface area contributed by atoms with E-state index in [0.29, 0.717) is 6.42 Å². The van der Waals surface area contributed by atoms with Crippen molar-refractivity contribution >= 4 is 18.0 Å². The Balaban J connectivity index is 2.60. The zero-order valence-corrected chi connectivity index (χ0v) is 10.7. The first kappa shape index (κ1) is 14.9. The lowest BCUT2D eigenvalue weighted by molar-refractivity contribution is -0.145. The highest BCUT2D eigenvalue weighted by molar-refractivity contribution is 5.85. The molecule has 0 radical (unpaired) electrons. The molecular formula is C14H17NO4. The highest BCUT2D eigenvalue weighted by atomic mass is 16.5. The molecule has 0 bridgehead atoms. The largest absolute Gasteiger partial charge is 0.467 e. The van der Waals surface area contributed by atoms with Gasteiger partial charge in [0, 0.05) is 0 Å². The van der Waals surface area contributed by atoms with Gasteiger partial charge >= 0.3 is 5.97 Å². The normalized spacial score (nSPS) is 12.1. The Morgan fingerprint density at radius 2 is 2.05 bits per heavy atom. The smallest absolute Gasteiger partial charge is 0.328 e. The van der Waals surface area contributed by atoms with Gasteiger partial charge in [-0.1, -0.05) is 42.5 Å². The molecule has 0 aliphatic carbocycles. The fourth-order valence-corrected chi connectivity index (χ4v) is 1.50. The standard InChI is InChI=1S/C14H17NO4/c1-19-14(18)12(15-13(17)10-16)9-5-8-11-6-3-2-4-7-11/h2-8,12,16H,9-10H2,1H3,(H,15,17)/b8-5+/t12-/m1/s1. The molecule has 19 heavy (non-hydrogen) atoms. The second-order valence-corrected chi connectivity index (χ2v) is 3.85. The van der Waals surface area contributed by atoms with Gasteiger partial charge in [0.2, 0.25) is 5.91 Å². The van der Waals surface area contributed by atoms with E-state index >= 15 is 0 Å². The summed E-state index contributed by atoms with van der Waals surface area (Å²) in [5.74, 6) is -1.15. The fourth-order valence-electron chi connectivity index (χ4n) is 1.50. The summed E-state index contributed by atoms with van der Waals surface area (Å²) in [5, 5.41) is 11.0. The molecule has 1 aromatic carbocycles. The van der Waals surface area contributed by atoms with Crippen molar-refractivity contribution in [2.45, 2.75) is 12.5 Å². The number of hydrogen-bond acceptors (Lipinski definition) is 4. The molecule has 1 aromatic rings. The van der Waals surface area contributed by atoms with Crippen molar-refractivity contribution in [1.82, 2.24) is 5.32 Å². The number of aliphatic hydroxyl groups excluding tert-OH is 1. The zero-order valence-electron chi connectivity index (χ0n) is 10.7. The molecule has 0 aromatic heterocycles. The summed E-state index contributed by atoms with van der Waals surface area (Å²) >= 11 is 0. The second-order valence-electron chi connectivity index (χ2n) is 3.85. The van der Waals surface area contributed by atoms with Gasteiger partial charge in [0.1, 0.15) is 12.6 Å². The third-order valence-electron chi connectivity index (χ3n) is 2.45. The number of ether oxygens (including phenoxy) is 1. The number of carbonyl (C=O) groups is 2. The average molecular weight is 263 g/mol. The van der Waals surface area contributed by atoms with Crippen LogP contribution in [0.1, 0.15) is 12.0 Å². The summed E-state index contributed by atoms with van der Waals surface area (Å²) in [4.78, 5) is 22.5. The van der Waals surface area contributed by atoms with Crippen LogP contribution >= 0.6 is 0 Å². The van der Waals surface area contributed by atoms with Crippen molar-refractivity contribution in [1.29, 1.82) is 0 Å². The molecule has 1 amide bonds. The van der Waals surface area contributed by atoms with Crippen LogP contribution in [0.5, 0.6) is 0 Å². The Bertz CT molecular complexity index is 442. The van der Waals surface area contributed by atoms with Crippen molar-refractivity contribution in [2.24, 2.45) is 0 Å². The lowest BCUT2D eigenvalue weighted by Crippen LogP contribution is -2.42. The van der Waals surface area contributed by atoms with Crippen LogP contribution in [-0.2, 0) is 14.3 Å². The predicted octanol–water partition coefficient (Wildman–Crippen LogP) is 0.740. The molecule has 5 heteroatoms. The Kier molecular flexibility index (Phi) is 6.32. The molecule has 0 heterocycles. The third kappa shape index (κ3) is 5.35. The van der Waals surface area contributed by atoms with Gasteiger partial charge in [-0.15, -0.1) is 0 Å². The van der Waals surface area contributed by atoms with E-state index in [1.54, 1.807) is 6.08 Å². The first-order valence-corrected chi connectivity index (χ1v) is 5.87. The molecule has 0 aliphatic heterocycles. The van der Waals surface area contributed by atoms with Crippen LogP contribution in [0.3, 0.4) is 0 Å². The molecule has 0 saturated carbocycles. The number of methoxy groups -OCH3 is 1. The van der Waals surface area contributed by atoms with Crippen LogP contribution in [0, 0.1) is 0 Å². The molecule has 102 valence electrons. The van der Waals surface area contributed by atoms with Gasteiger partial charge in [0.15, 0.2) is 0 Å². The predicted molar refractivity (Wildman–Crippen MR) is 71.1 cm³/mol. The fraction of sp³-hybridized carbons (Fsp3) is 0.286. The van der Waals surface area contributed by atoms with Crippen LogP contribution in [0.15, 0.2) is 36.4 Å². The van der Waals surface area contributed by atoms with Crippen molar-refractivity contribution in [2.75, 3.05) is 13.7 Å². The summed E-state index contributed by atoms with van der Waals surface area (Å²) < 4.78 is 4.59. The Morgan fingerprint density at radius 1 is 1.37 bits per heavy atom. The molecule has 1 rings (SSSR count). The van der Waals surface area contributed by atoms with Gasteiger partial charge in [-0.2, -0.15) is 0 Å². The molecule has 2 N–H and O–H groups in total. The number of hydrogen-bond donors (Lipinski definition) is 2. The summed E-state index contributed by atoms with van der Waals surface area (Å²) in [6.45, 7) is -0.657. The number of aliphatic hydroxyl groups is 1. The molecule has 1 atom stereocenters. The van der Waals surface area contributed by atoms with E-state index in [1.165, 1.54) is 7.11 Å². The Labute approximate surface area is 111 Å². The minimum absolute atomic E-state index is 0.299. The SMILES string of the molecule is COC(=O)[C@@H](C/C=C/c1ccccc1)NC(=O)CO. The molecule has 0 aliphatic rings. The van der Waals surface area contributed by atoms with Crippen LogP contribution in [0.4, 0.5) is 0 Å². The van der Waals surface area contributed by atoms with Crippen LogP contribution in [0.2, 0.25) is 0 Å². The number of esters is 1. The summed E-state index contributed by atoms with van der Waals surface area (Å²) in [6.07, 6.45) is 3.92. The Morgan fingerprint density at radius 3 is 2.63 bits per heavy atom. The van der Waals surface area contributed by atoms with E-state index in [9.17, 15) is 9.59 Å². The van der Waals surface area contributed by atoms with Crippen LogP contribution in [0.25, 0.3) is 6.08 Å². The maximum atomic E-state index is 11.5. The second kappa shape index (κ2) is 8.05. The molecule has 0 fully saturated rings. The summed E-state index contributed by atoms with van der Waals surface area (Å²) in [5.41, 5.74) is 1.000. The molecule has 0 spiro atoms. The number of rotatable bonds is 6. The van der Waals surface area contributed by atoms with Gasteiger partial charge in [0.05, 0.1) is 7.11 Å². The monoisotopic (exact) mass is 263 g/mol. The molecule has 0 saturated heterocycles. The summed E-state index contributed by atoms with van der Waals surface area (Å²) in [6, 6.07) is 8.79. The van der Waals surface area contributed by atoms with E-state index in [2.05, 4.69) is 10.1 Å². The van der Waals surface area contributed by atoms with Crippen LogP contribution < -0.4 is 5.32 Å². The number of nitrogens with one attached hydrogen (secondary N) is 1. The van der Waals surface area contributed by atoms with E-state index in [4.69, 9.17) is 5.11 Å². The van der Waals surface area contributed by atoms with E-state index in [-0.39, 0.29) is 0 Å². The number of amides is 1. The highest BCUT2D eigenvalue weighted by Gasteiger charge is 2.19. The lowest BCUT2D eigenvalue weighted by Gasteiger charge is -2.13. The zero-order chi connectivity index (χ0) is 14.1. The van der Waals surface area contributed by atoms with Gasteiger partial charge in [0.25, 0.3) is 0 Å². The first-order chi connectivity index (χ1) is 9.17. The van der Waals surface area contributed by atoms with Gasteiger partial charge in [-0.25, -0.2) is 4.79 Å². The maximum absolute atomic E-state index is 11.5. The topological polar surface area (TPSA) is 75.6 Å². The molecular weight excluding hydrogens is 246 g/mol. The van der Waals surface area contributed by atoms with E-state index < -0.39 is 24.5 Å². The maximum Gasteiger partial charge on any atom is 0.328 e. The number of carbonyl (C=O) groups excluding carboxylic acids is 2. The van der Waals surface area contributed by atoms with Gasteiger partial charge in [-0.3, -0.25) is 4.79 Å². The lowest BCUT2D eigenvalue weighted by atomic mass is 10.1. The number of benzene rings is 1. The van der Waals surface area contributed by atoms with Crippen LogP contribution in [-0.4, -0.2) is 36.7 Å². The molecule has 0 unspecified atom stereocenters. The Hall–Kier alpha value is -2.14. The van der Waals surface area contributed by atoms with Crippen molar-refractivity contribution in [3.05, 3.63) is 42.0 Å². The van der Waals surface area contributed by atoms with Crippen molar-refractivity contribution in [3.8, 4) is 0 Å². The molecule has 5 nitrogen and oxygen atoms in total. The van der Waals surface area contributed by atoms with Crippen molar-refractivity contribution < 1.29 is 19.4 Å². The van der Waals surface area contributed by atoms with Gasteiger partial charge < -0.3 is 15.2 Å². The van der Waals surface area contributed by atoms with Crippen molar-refractivity contribution in [3.63, 3.8) is 0 Å². The quantitative estimate of drug-likeness (QED) is 0.742. The summed E-state index contributed by atoms with van der Waals surface area (Å²) in [7, 11) is 1.25. The third-order valence-corrected chi connectivity index (χ3v) is 2.45. The first-order valence-electron chi connectivity index (χ1n) is 5.87. The van der Waals surface area contributed by atoms with Gasteiger partial charge in [-0.05, 0) is 12.0 Å². The average Bonchev–Trinajstić information content (AvgIpc) is 2.46. The minimum Gasteiger partial charge on any atom is -0.467 e. The van der Waals surface area contributed by atoms with E-state index in [1.807, 2.05) is 36.4 Å². The van der Waals surface area contributed by atoms with E-state index in [0.717, 1.165) is 5.56 Å².